The number of ether oxygens (including phenoxy) is 1. The van der Waals surface area contributed by atoms with Crippen molar-refractivity contribution < 1.29 is 9.53 Å². The van der Waals surface area contributed by atoms with Crippen LogP contribution in [0.1, 0.15) is 34.0 Å². The molecule has 1 aromatic heterocycles. The zero-order valence-corrected chi connectivity index (χ0v) is 12.3. The van der Waals surface area contributed by atoms with Gasteiger partial charge in [-0.1, -0.05) is 36.7 Å². The summed E-state index contributed by atoms with van der Waals surface area (Å²) in [6.07, 6.45) is 2.40. The summed E-state index contributed by atoms with van der Waals surface area (Å²) >= 11 is 5.94. The number of aryl methyl sites for hydroxylation is 1. The lowest BCUT2D eigenvalue weighted by molar-refractivity contribution is 0.0471. The van der Waals surface area contributed by atoms with Gasteiger partial charge in [0.25, 0.3) is 0 Å². The topological polar surface area (TPSA) is 39.2 Å². The molecule has 0 atom stereocenters. The fourth-order valence-electron chi connectivity index (χ4n) is 2.11. The van der Waals surface area contributed by atoms with E-state index in [1.165, 1.54) is 0 Å². The highest BCUT2D eigenvalue weighted by Crippen LogP contribution is 2.18. The van der Waals surface area contributed by atoms with E-state index in [9.17, 15) is 4.79 Å². The summed E-state index contributed by atoms with van der Waals surface area (Å²) in [6.45, 7) is 4.15. The third-order valence-corrected chi connectivity index (χ3v) is 3.52. The van der Waals surface area contributed by atoms with Crippen molar-refractivity contribution in [2.75, 3.05) is 0 Å². The number of pyridine rings is 1. The molecule has 0 fully saturated rings. The van der Waals surface area contributed by atoms with Crippen molar-refractivity contribution in [1.29, 1.82) is 0 Å². The van der Waals surface area contributed by atoms with Crippen molar-refractivity contribution in [3.05, 3.63) is 63.9 Å². The first-order chi connectivity index (χ1) is 9.63. The first kappa shape index (κ1) is 14.5. The van der Waals surface area contributed by atoms with Crippen LogP contribution in [0.4, 0.5) is 0 Å². The maximum absolute atomic E-state index is 12.2. The van der Waals surface area contributed by atoms with E-state index in [4.69, 9.17) is 16.3 Å². The second kappa shape index (κ2) is 6.53. The number of carbonyl (C=O) groups is 1. The Morgan fingerprint density at radius 3 is 2.80 bits per heavy atom. The molecule has 0 unspecified atom stereocenters. The lowest BCUT2D eigenvalue weighted by Crippen LogP contribution is -2.09. The molecule has 20 heavy (non-hydrogen) atoms. The lowest BCUT2D eigenvalue weighted by Gasteiger charge is -2.11. The van der Waals surface area contributed by atoms with E-state index < -0.39 is 0 Å². The molecule has 3 nitrogen and oxygen atoms in total. The van der Waals surface area contributed by atoms with E-state index in [2.05, 4.69) is 4.98 Å². The van der Waals surface area contributed by atoms with Crippen molar-refractivity contribution in [1.82, 2.24) is 4.98 Å². The number of benzene rings is 1. The zero-order chi connectivity index (χ0) is 14.5. The standard InChI is InChI=1S/C16H16ClNO2/c1-3-13-11(2)6-4-8-14(13)16(19)20-10-12-7-5-9-18-15(12)17/h4-9H,3,10H2,1-2H3. The van der Waals surface area contributed by atoms with Gasteiger partial charge in [0.05, 0.1) is 5.56 Å². The number of rotatable bonds is 4. The third kappa shape index (κ3) is 3.17. The van der Waals surface area contributed by atoms with Crippen LogP contribution in [-0.4, -0.2) is 11.0 Å². The summed E-state index contributed by atoms with van der Waals surface area (Å²) in [7, 11) is 0. The van der Waals surface area contributed by atoms with E-state index in [0.717, 1.165) is 17.5 Å². The predicted molar refractivity (Wildman–Crippen MR) is 78.9 cm³/mol. The van der Waals surface area contributed by atoms with Gasteiger partial charge in [-0.15, -0.1) is 0 Å². The second-order valence-corrected chi connectivity index (χ2v) is 4.84. The fourth-order valence-corrected chi connectivity index (χ4v) is 2.28. The molecule has 1 aromatic carbocycles. The molecule has 2 aromatic rings. The summed E-state index contributed by atoms with van der Waals surface area (Å²) in [5.41, 5.74) is 3.44. The summed E-state index contributed by atoms with van der Waals surface area (Å²) < 4.78 is 5.33. The Morgan fingerprint density at radius 2 is 2.10 bits per heavy atom. The Balaban J connectivity index is 2.14. The fraction of sp³-hybridized carbons (Fsp3) is 0.250. The van der Waals surface area contributed by atoms with Crippen LogP contribution in [0.5, 0.6) is 0 Å². The Labute approximate surface area is 123 Å². The summed E-state index contributed by atoms with van der Waals surface area (Å²) in [5.74, 6) is -0.328. The van der Waals surface area contributed by atoms with Crippen LogP contribution in [-0.2, 0) is 17.8 Å². The molecule has 104 valence electrons. The van der Waals surface area contributed by atoms with Crippen LogP contribution in [0.15, 0.2) is 36.5 Å². The Kier molecular flexibility index (Phi) is 4.74. The van der Waals surface area contributed by atoms with Gasteiger partial charge >= 0.3 is 5.97 Å². The van der Waals surface area contributed by atoms with Gasteiger partial charge in [-0.3, -0.25) is 0 Å². The van der Waals surface area contributed by atoms with Gasteiger partial charge in [0, 0.05) is 11.8 Å². The van der Waals surface area contributed by atoms with E-state index in [-0.39, 0.29) is 12.6 Å². The van der Waals surface area contributed by atoms with Gasteiger partial charge in [-0.2, -0.15) is 0 Å². The van der Waals surface area contributed by atoms with E-state index in [0.29, 0.717) is 16.3 Å². The van der Waals surface area contributed by atoms with Crippen molar-refractivity contribution in [3.8, 4) is 0 Å². The second-order valence-electron chi connectivity index (χ2n) is 4.48. The quantitative estimate of drug-likeness (QED) is 0.632. The number of hydrogen-bond donors (Lipinski definition) is 0. The minimum absolute atomic E-state index is 0.128. The Morgan fingerprint density at radius 1 is 1.30 bits per heavy atom. The van der Waals surface area contributed by atoms with Crippen molar-refractivity contribution >= 4 is 17.6 Å². The van der Waals surface area contributed by atoms with E-state index in [1.54, 1.807) is 24.4 Å². The minimum Gasteiger partial charge on any atom is -0.457 e. The maximum atomic E-state index is 12.2. The summed E-state index contributed by atoms with van der Waals surface area (Å²) in [5, 5.41) is 0.361. The third-order valence-electron chi connectivity index (χ3n) is 3.18. The van der Waals surface area contributed by atoms with Crippen LogP contribution < -0.4 is 0 Å². The molecule has 0 bridgehead atoms. The summed E-state index contributed by atoms with van der Waals surface area (Å²) in [6, 6.07) is 9.20. The summed E-state index contributed by atoms with van der Waals surface area (Å²) in [4.78, 5) is 16.1. The highest BCUT2D eigenvalue weighted by atomic mass is 35.5. The van der Waals surface area contributed by atoms with Gasteiger partial charge in [-0.05, 0) is 36.6 Å². The molecule has 0 radical (unpaired) electrons. The van der Waals surface area contributed by atoms with Gasteiger partial charge in [-0.25, -0.2) is 9.78 Å². The van der Waals surface area contributed by atoms with E-state index in [1.807, 2.05) is 26.0 Å². The first-order valence-electron chi connectivity index (χ1n) is 6.48. The van der Waals surface area contributed by atoms with Gasteiger partial charge in [0.2, 0.25) is 0 Å². The van der Waals surface area contributed by atoms with Crippen LogP contribution >= 0.6 is 11.6 Å². The predicted octanol–water partition coefficient (Wildman–Crippen LogP) is 3.96. The van der Waals surface area contributed by atoms with Gasteiger partial charge in [0.1, 0.15) is 11.8 Å². The number of aromatic nitrogens is 1. The average molecular weight is 290 g/mol. The van der Waals surface area contributed by atoms with Crippen molar-refractivity contribution in [2.24, 2.45) is 0 Å². The molecule has 0 aliphatic carbocycles. The first-order valence-corrected chi connectivity index (χ1v) is 6.86. The van der Waals surface area contributed by atoms with Crippen molar-refractivity contribution in [3.63, 3.8) is 0 Å². The number of carbonyl (C=O) groups excluding carboxylic acids is 1. The van der Waals surface area contributed by atoms with Gasteiger partial charge < -0.3 is 4.74 Å². The Bertz CT molecular complexity index is 626. The largest absolute Gasteiger partial charge is 0.457 e. The lowest BCUT2D eigenvalue weighted by atomic mass is 10.00. The Hall–Kier alpha value is -1.87. The van der Waals surface area contributed by atoms with Crippen molar-refractivity contribution in [2.45, 2.75) is 26.9 Å². The molecule has 4 heteroatoms. The molecular weight excluding hydrogens is 274 g/mol. The molecular formula is C16H16ClNO2. The SMILES string of the molecule is CCc1c(C)cccc1C(=O)OCc1cccnc1Cl. The number of nitrogens with zero attached hydrogens (tertiary/aromatic N) is 1. The number of hydrogen-bond acceptors (Lipinski definition) is 3. The molecule has 0 amide bonds. The molecule has 0 saturated heterocycles. The average Bonchev–Trinajstić information content (AvgIpc) is 2.46. The highest BCUT2D eigenvalue weighted by Gasteiger charge is 2.14. The molecule has 2 rings (SSSR count). The zero-order valence-electron chi connectivity index (χ0n) is 11.5. The number of esters is 1. The monoisotopic (exact) mass is 289 g/mol. The normalized spacial score (nSPS) is 10.3. The van der Waals surface area contributed by atoms with E-state index >= 15 is 0 Å². The molecule has 0 aliphatic rings. The molecule has 0 N–H and O–H groups in total. The smallest absolute Gasteiger partial charge is 0.338 e. The molecule has 0 saturated carbocycles. The molecule has 0 spiro atoms. The van der Waals surface area contributed by atoms with Crippen LogP contribution in [0, 0.1) is 6.92 Å². The number of halogens is 1. The molecule has 0 aliphatic heterocycles. The van der Waals surface area contributed by atoms with Crippen LogP contribution in [0.3, 0.4) is 0 Å². The minimum atomic E-state index is -0.328. The van der Waals surface area contributed by atoms with Gasteiger partial charge in [0.15, 0.2) is 0 Å². The van der Waals surface area contributed by atoms with Crippen LogP contribution in [0.2, 0.25) is 5.15 Å². The van der Waals surface area contributed by atoms with Crippen LogP contribution in [0.25, 0.3) is 0 Å². The molecule has 1 heterocycles. The maximum Gasteiger partial charge on any atom is 0.338 e. The highest BCUT2D eigenvalue weighted by molar-refractivity contribution is 6.30.